The highest BCUT2D eigenvalue weighted by atomic mass is 32.2. The standard InChI is InChI=1S/C15H23NO2S/c1-2-3-9-19-12-15(18)16-14(11-17)10-13-7-5-4-6-8-13/h4-8,14,17H,2-3,9-12H2,1H3,(H,16,18). The zero-order chi connectivity index (χ0) is 13.9. The molecule has 0 aliphatic carbocycles. The van der Waals surface area contributed by atoms with Crippen LogP contribution in [0, 0.1) is 0 Å². The van der Waals surface area contributed by atoms with Gasteiger partial charge in [0, 0.05) is 0 Å². The van der Waals surface area contributed by atoms with Gasteiger partial charge in [0.1, 0.15) is 0 Å². The van der Waals surface area contributed by atoms with Crippen LogP contribution >= 0.6 is 11.8 Å². The molecule has 4 heteroatoms. The molecule has 1 aromatic rings. The quantitative estimate of drug-likeness (QED) is 0.683. The van der Waals surface area contributed by atoms with Crippen LogP contribution in [-0.4, -0.2) is 35.2 Å². The fourth-order valence-electron chi connectivity index (χ4n) is 1.74. The summed E-state index contributed by atoms with van der Waals surface area (Å²) in [6.45, 7) is 2.11. The molecule has 1 atom stereocenters. The molecular weight excluding hydrogens is 258 g/mol. The summed E-state index contributed by atoms with van der Waals surface area (Å²) < 4.78 is 0. The number of benzene rings is 1. The van der Waals surface area contributed by atoms with Gasteiger partial charge in [-0.05, 0) is 24.2 Å². The minimum atomic E-state index is -0.193. The molecule has 19 heavy (non-hydrogen) atoms. The first-order valence-electron chi connectivity index (χ1n) is 6.78. The zero-order valence-corrected chi connectivity index (χ0v) is 12.3. The number of hydrogen-bond acceptors (Lipinski definition) is 3. The van der Waals surface area contributed by atoms with Gasteiger partial charge in [0.2, 0.25) is 5.91 Å². The first-order chi connectivity index (χ1) is 9.26. The lowest BCUT2D eigenvalue weighted by atomic mass is 10.1. The maximum absolute atomic E-state index is 11.7. The highest BCUT2D eigenvalue weighted by molar-refractivity contribution is 7.99. The van der Waals surface area contributed by atoms with Crippen LogP contribution in [-0.2, 0) is 11.2 Å². The maximum atomic E-state index is 11.7. The Bertz CT molecular complexity index is 356. The van der Waals surface area contributed by atoms with Gasteiger partial charge in [0.25, 0.3) is 0 Å². The van der Waals surface area contributed by atoms with E-state index in [0.29, 0.717) is 12.2 Å². The van der Waals surface area contributed by atoms with Crippen LogP contribution in [0.1, 0.15) is 25.3 Å². The lowest BCUT2D eigenvalue weighted by Gasteiger charge is -2.16. The van der Waals surface area contributed by atoms with Gasteiger partial charge in [-0.1, -0.05) is 43.7 Å². The van der Waals surface area contributed by atoms with Crippen molar-refractivity contribution >= 4 is 17.7 Å². The fraction of sp³-hybridized carbons (Fsp3) is 0.533. The normalized spacial score (nSPS) is 12.1. The number of amides is 1. The number of nitrogens with one attached hydrogen (secondary N) is 1. The SMILES string of the molecule is CCCCSCC(=O)NC(CO)Cc1ccccc1. The van der Waals surface area contributed by atoms with Gasteiger partial charge in [-0.15, -0.1) is 0 Å². The summed E-state index contributed by atoms with van der Waals surface area (Å²) >= 11 is 1.65. The highest BCUT2D eigenvalue weighted by Crippen LogP contribution is 2.06. The van der Waals surface area contributed by atoms with Gasteiger partial charge in [-0.25, -0.2) is 0 Å². The summed E-state index contributed by atoms with van der Waals surface area (Å²) in [5.41, 5.74) is 1.13. The summed E-state index contributed by atoms with van der Waals surface area (Å²) in [4.78, 5) is 11.7. The number of carbonyl (C=O) groups is 1. The molecule has 0 saturated heterocycles. The molecule has 0 aliphatic heterocycles. The fourth-order valence-corrected chi connectivity index (χ4v) is 2.65. The molecular formula is C15H23NO2S. The highest BCUT2D eigenvalue weighted by Gasteiger charge is 2.11. The van der Waals surface area contributed by atoms with Crippen molar-refractivity contribution in [2.45, 2.75) is 32.2 Å². The van der Waals surface area contributed by atoms with E-state index in [1.54, 1.807) is 11.8 Å². The van der Waals surface area contributed by atoms with Crippen LogP contribution in [0.4, 0.5) is 0 Å². The second-order valence-corrected chi connectivity index (χ2v) is 5.65. The Morgan fingerprint density at radius 3 is 2.74 bits per heavy atom. The topological polar surface area (TPSA) is 49.3 Å². The Hall–Kier alpha value is -1.00. The van der Waals surface area contributed by atoms with E-state index in [1.165, 1.54) is 0 Å². The average Bonchev–Trinajstić information content (AvgIpc) is 2.44. The molecule has 1 rings (SSSR count). The molecule has 0 saturated carbocycles. The van der Waals surface area contributed by atoms with Crippen molar-refractivity contribution in [3.63, 3.8) is 0 Å². The number of thioether (sulfide) groups is 1. The molecule has 0 spiro atoms. The van der Waals surface area contributed by atoms with Gasteiger partial charge in [-0.3, -0.25) is 4.79 Å². The summed E-state index contributed by atoms with van der Waals surface area (Å²) in [5, 5.41) is 12.2. The minimum Gasteiger partial charge on any atom is -0.394 e. The maximum Gasteiger partial charge on any atom is 0.230 e. The number of aliphatic hydroxyl groups is 1. The van der Waals surface area contributed by atoms with Gasteiger partial charge in [0.05, 0.1) is 18.4 Å². The smallest absolute Gasteiger partial charge is 0.230 e. The molecule has 0 aromatic heterocycles. The van der Waals surface area contributed by atoms with E-state index in [4.69, 9.17) is 0 Å². The number of rotatable bonds is 9. The molecule has 1 amide bonds. The minimum absolute atomic E-state index is 0.0103. The molecule has 1 aromatic carbocycles. The van der Waals surface area contributed by atoms with E-state index in [1.807, 2.05) is 30.3 Å². The van der Waals surface area contributed by atoms with Gasteiger partial charge in [-0.2, -0.15) is 11.8 Å². The molecule has 1 unspecified atom stereocenters. The van der Waals surface area contributed by atoms with Crippen LogP contribution < -0.4 is 5.32 Å². The molecule has 0 fully saturated rings. The van der Waals surface area contributed by atoms with Gasteiger partial charge >= 0.3 is 0 Å². The third-order valence-electron chi connectivity index (χ3n) is 2.79. The van der Waals surface area contributed by atoms with E-state index >= 15 is 0 Å². The molecule has 0 radical (unpaired) electrons. The molecule has 0 aliphatic rings. The Labute approximate surface area is 119 Å². The van der Waals surface area contributed by atoms with Crippen molar-refractivity contribution in [2.75, 3.05) is 18.1 Å². The monoisotopic (exact) mass is 281 g/mol. The summed E-state index contributed by atoms with van der Waals surface area (Å²) in [7, 11) is 0. The lowest BCUT2D eigenvalue weighted by molar-refractivity contribution is -0.119. The van der Waals surface area contributed by atoms with Crippen molar-refractivity contribution in [2.24, 2.45) is 0 Å². The molecule has 3 nitrogen and oxygen atoms in total. The summed E-state index contributed by atoms with van der Waals surface area (Å²) in [6, 6.07) is 9.70. The van der Waals surface area contributed by atoms with Crippen molar-refractivity contribution in [3.8, 4) is 0 Å². The second-order valence-electron chi connectivity index (χ2n) is 4.54. The molecule has 0 bridgehead atoms. The predicted octanol–water partition coefficient (Wildman–Crippen LogP) is 2.24. The van der Waals surface area contributed by atoms with E-state index in [0.717, 1.165) is 24.2 Å². The summed E-state index contributed by atoms with van der Waals surface area (Å²) in [5.74, 6) is 1.51. The van der Waals surface area contributed by atoms with Crippen molar-refractivity contribution in [1.82, 2.24) is 5.32 Å². The van der Waals surface area contributed by atoms with Crippen LogP contribution in [0.15, 0.2) is 30.3 Å². The second kappa shape index (κ2) is 9.87. The van der Waals surface area contributed by atoms with E-state index in [9.17, 15) is 9.90 Å². The lowest BCUT2D eigenvalue weighted by Crippen LogP contribution is -2.40. The van der Waals surface area contributed by atoms with E-state index in [-0.39, 0.29) is 18.6 Å². The number of unbranched alkanes of at least 4 members (excludes halogenated alkanes) is 1. The number of carbonyl (C=O) groups excluding carboxylic acids is 1. The van der Waals surface area contributed by atoms with Crippen LogP contribution in [0.3, 0.4) is 0 Å². The summed E-state index contributed by atoms with van der Waals surface area (Å²) in [6.07, 6.45) is 2.97. The Balaban J connectivity index is 2.29. The van der Waals surface area contributed by atoms with Crippen molar-refractivity contribution in [1.29, 1.82) is 0 Å². The largest absolute Gasteiger partial charge is 0.394 e. The zero-order valence-electron chi connectivity index (χ0n) is 11.5. The Kier molecular flexibility index (Phi) is 8.34. The van der Waals surface area contributed by atoms with E-state index in [2.05, 4.69) is 12.2 Å². The average molecular weight is 281 g/mol. The Morgan fingerprint density at radius 2 is 2.11 bits per heavy atom. The van der Waals surface area contributed by atoms with Gasteiger partial charge in [0.15, 0.2) is 0 Å². The van der Waals surface area contributed by atoms with Crippen molar-refractivity contribution < 1.29 is 9.90 Å². The molecule has 0 heterocycles. The predicted molar refractivity (Wildman–Crippen MR) is 81.4 cm³/mol. The number of hydrogen-bond donors (Lipinski definition) is 2. The van der Waals surface area contributed by atoms with Crippen LogP contribution in [0.25, 0.3) is 0 Å². The first kappa shape index (κ1) is 16.1. The van der Waals surface area contributed by atoms with Gasteiger partial charge < -0.3 is 10.4 Å². The first-order valence-corrected chi connectivity index (χ1v) is 7.93. The Morgan fingerprint density at radius 1 is 1.37 bits per heavy atom. The third kappa shape index (κ3) is 7.23. The van der Waals surface area contributed by atoms with Crippen LogP contribution in [0.2, 0.25) is 0 Å². The molecule has 2 N–H and O–H groups in total. The number of aliphatic hydroxyl groups excluding tert-OH is 1. The molecule has 106 valence electrons. The van der Waals surface area contributed by atoms with Crippen LogP contribution in [0.5, 0.6) is 0 Å². The van der Waals surface area contributed by atoms with Crippen molar-refractivity contribution in [3.05, 3.63) is 35.9 Å². The van der Waals surface area contributed by atoms with E-state index < -0.39 is 0 Å². The third-order valence-corrected chi connectivity index (χ3v) is 3.83.